The summed E-state index contributed by atoms with van der Waals surface area (Å²) in [7, 11) is 0. The fraction of sp³-hybridized carbons (Fsp3) is 0.860. The maximum atomic E-state index is 11.5. The lowest BCUT2D eigenvalue weighted by Crippen LogP contribution is -2.58. The Balaban J connectivity index is 0.000000163. The summed E-state index contributed by atoms with van der Waals surface area (Å²) in [4.78, 5) is 22.1. The maximum absolute atomic E-state index is 11.5. The van der Waals surface area contributed by atoms with Crippen LogP contribution in [0, 0.1) is 113 Å². The summed E-state index contributed by atoms with van der Waals surface area (Å²) in [6.45, 7) is 20.4. The molecular weight excluding hydrogens is 813 g/mol. The molecule has 0 aliphatic heterocycles. The predicted octanol–water partition coefficient (Wildman–Crippen LogP) is 11.6. The first-order chi connectivity index (χ1) is 30.6. The van der Waals surface area contributed by atoms with Crippen LogP contribution in [-0.2, 0) is 9.59 Å². The zero-order valence-electron chi connectivity index (χ0n) is 42.1. The summed E-state index contributed by atoms with van der Waals surface area (Å²) < 4.78 is 0. The number of aliphatic carboxylic acids is 2. The number of benzene rings is 1. The van der Waals surface area contributed by atoms with Gasteiger partial charge in [0.05, 0.1) is 24.4 Å². The summed E-state index contributed by atoms with van der Waals surface area (Å²) in [6.07, 6.45) is 18.5. The van der Waals surface area contributed by atoms with E-state index in [0.717, 1.165) is 77.0 Å². The van der Waals surface area contributed by atoms with Crippen molar-refractivity contribution in [2.45, 2.75) is 215 Å². The van der Waals surface area contributed by atoms with E-state index in [4.69, 9.17) is 10.2 Å². The Morgan fingerprint density at radius 3 is 1.29 bits per heavy atom. The second-order valence-corrected chi connectivity index (χ2v) is 25.1. The number of carboxylic acid groups (broad SMARTS) is 2. The fourth-order valence-electron chi connectivity index (χ4n) is 18.3. The number of hydrogen-bond donors (Lipinski definition) is 6. The van der Waals surface area contributed by atoms with Crippen LogP contribution in [0.25, 0.3) is 0 Å². The zero-order chi connectivity index (χ0) is 47.4. The van der Waals surface area contributed by atoms with E-state index in [9.17, 15) is 30.0 Å². The largest absolute Gasteiger partial charge is 0.481 e. The summed E-state index contributed by atoms with van der Waals surface area (Å²) >= 11 is 0. The molecule has 0 unspecified atom stereocenters. The van der Waals surface area contributed by atoms with Crippen molar-refractivity contribution in [2.75, 3.05) is 0 Å². The van der Waals surface area contributed by atoms with E-state index < -0.39 is 11.9 Å². The summed E-state index contributed by atoms with van der Waals surface area (Å²) in [5, 5.41) is 61.5. The SMILES string of the molecule is C[C@H](CCC(=O)O)[C@H]1CC[C@H]2[C@@H]3CC[C@@H]4C[C@H](O)CC[C@]4(C)[C@H]3C[C@H](O)[C@]12C.C[C@H](CCC(=O)O)[C@H]1CC[C@H]2[C@@H]3CC[C@@H]4C[C@H](O)CC[C@]4(C)[C@H]3C[C@H](O)[C@]12C.Cc1cccc(C)c1C. The van der Waals surface area contributed by atoms with E-state index in [2.05, 4.69) is 80.5 Å². The third-order valence-electron chi connectivity index (χ3n) is 22.5. The average Bonchev–Trinajstić information content (AvgIpc) is 3.81. The number of rotatable bonds is 8. The van der Waals surface area contributed by atoms with Gasteiger partial charge >= 0.3 is 11.9 Å². The van der Waals surface area contributed by atoms with Crippen molar-refractivity contribution in [3.63, 3.8) is 0 Å². The number of hydrogen-bond acceptors (Lipinski definition) is 6. The van der Waals surface area contributed by atoms with Gasteiger partial charge in [-0.2, -0.15) is 0 Å². The first kappa shape index (κ1) is 50.9. The molecule has 8 fully saturated rings. The second-order valence-electron chi connectivity index (χ2n) is 25.1. The fourth-order valence-corrected chi connectivity index (χ4v) is 18.3. The Hall–Kier alpha value is -2.00. The van der Waals surface area contributed by atoms with Crippen molar-refractivity contribution in [2.24, 2.45) is 92.7 Å². The second kappa shape index (κ2) is 19.8. The molecule has 0 radical (unpaired) electrons. The Morgan fingerprint density at radius 2 is 0.938 bits per heavy atom. The highest BCUT2D eigenvalue weighted by atomic mass is 16.4. The molecule has 1 aromatic rings. The lowest BCUT2D eigenvalue weighted by atomic mass is 9.43. The number of aryl methyl sites for hydroxylation is 2. The van der Waals surface area contributed by atoms with Crippen LogP contribution in [-0.4, -0.2) is 67.0 Å². The molecule has 8 saturated carbocycles. The van der Waals surface area contributed by atoms with Gasteiger partial charge in [-0.3, -0.25) is 9.59 Å². The third kappa shape index (κ3) is 9.41. The Bertz CT molecular complexity index is 1690. The van der Waals surface area contributed by atoms with Crippen LogP contribution in [0.4, 0.5) is 0 Å². The molecule has 8 aliphatic carbocycles. The van der Waals surface area contributed by atoms with E-state index >= 15 is 0 Å². The highest BCUT2D eigenvalue weighted by Gasteiger charge is 2.65. The van der Waals surface area contributed by atoms with Gasteiger partial charge < -0.3 is 30.6 Å². The smallest absolute Gasteiger partial charge is 0.303 e. The topological polar surface area (TPSA) is 156 Å². The van der Waals surface area contributed by atoms with Crippen molar-refractivity contribution in [1.82, 2.24) is 0 Å². The molecule has 0 amide bonds. The number of carbonyl (C=O) groups is 2. The van der Waals surface area contributed by atoms with Crippen molar-refractivity contribution in [3.05, 3.63) is 34.9 Å². The molecule has 368 valence electrons. The molecule has 20 atom stereocenters. The van der Waals surface area contributed by atoms with E-state index in [1.165, 1.54) is 55.2 Å². The molecule has 6 N–H and O–H groups in total. The van der Waals surface area contributed by atoms with Crippen LogP contribution >= 0.6 is 0 Å². The van der Waals surface area contributed by atoms with Gasteiger partial charge in [0.2, 0.25) is 0 Å². The quantitative estimate of drug-likeness (QED) is 0.151. The molecule has 1 aromatic carbocycles. The molecule has 0 spiro atoms. The van der Waals surface area contributed by atoms with Gasteiger partial charge in [0.25, 0.3) is 0 Å². The van der Waals surface area contributed by atoms with Gasteiger partial charge in [0.1, 0.15) is 0 Å². The van der Waals surface area contributed by atoms with Crippen molar-refractivity contribution in [1.29, 1.82) is 0 Å². The number of fused-ring (bicyclic) bond motifs is 10. The van der Waals surface area contributed by atoms with Gasteiger partial charge in [-0.1, -0.05) is 59.7 Å². The Kier molecular flexibility index (Phi) is 15.5. The minimum absolute atomic E-state index is 0.0591. The van der Waals surface area contributed by atoms with Gasteiger partial charge in [-0.15, -0.1) is 0 Å². The monoisotopic (exact) mass is 905 g/mol. The van der Waals surface area contributed by atoms with Crippen LogP contribution in [0.1, 0.15) is 187 Å². The molecule has 0 heterocycles. The first-order valence-corrected chi connectivity index (χ1v) is 26.8. The number of aliphatic hydroxyl groups excluding tert-OH is 4. The van der Waals surface area contributed by atoms with Crippen LogP contribution in [0.15, 0.2) is 18.2 Å². The van der Waals surface area contributed by atoms with E-state index in [1.54, 1.807) is 0 Å². The minimum Gasteiger partial charge on any atom is -0.481 e. The molecule has 65 heavy (non-hydrogen) atoms. The predicted molar refractivity (Wildman–Crippen MR) is 258 cm³/mol. The molecule has 8 aliphatic rings. The zero-order valence-corrected chi connectivity index (χ0v) is 42.1. The number of aliphatic hydroxyl groups is 4. The molecule has 9 rings (SSSR count). The van der Waals surface area contributed by atoms with Gasteiger partial charge in [-0.05, 0) is 246 Å². The lowest BCUT2D eigenvalue weighted by molar-refractivity contribution is -0.175. The third-order valence-corrected chi connectivity index (χ3v) is 22.5. The van der Waals surface area contributed by atoms with Gasteiger partial charge in [-0.25, -0.2) is 0 Å². The van der Waals surface area contributed by atoms with Crippen molar-refractivity contribution < 1.29 is 40.2 Å². The minimum atomic E-state index is -0.707. The van der Waals surface area contributed by atoms with Crippen LogP contribution in [0.2, 0.25) is 0 Å². The standard InChI is InChI=1S/2C24H40O4.C9H12/c2*1-14(4-9-22(27)28)18-7-8-19-17-6-5-15-12-16(25)10-11-23(15,2)20(17)13-21(26)24(18,19)3;1-7-5-4-6-8(2)9(7)3/h2*14-21,25-26H,4-13H2,1-3H3,(H,27,28);4-6H,1-3H3/t2*14-,15-,16-,17+,18-,19+,20+,21+,23+,24-;/m11./s1. The van der Waals surface area contributed by atoms with Crippen molar-refractivity contribution in [3.8, 4) is 0 Å². The molecular formula is C57H92O8. The van der Waals surface area contributed by atoms with Gasteiger partial charge in [0.15, 0.2) is 0 Å². The molecule has 0 saturated heterocycles. The van der Waals surface area contributed by atoms with Crippen LogP contribution in [0.3, 0.4) is 0 Å². The molecule has 0 bridgehead atoms. The first-order valence-electron chi connectivity index (χ1n) is 26.8. The average molecular weight is 905 g/mol. The maximum Gasteiger partial charge on any atom is 0.303 e. The molecule has 8 heteroatoms. The molecule has 0 aromatic heterocycles. The van der Waals surface area contributed by atoms with E-state index in [1.807, 2.05) is 0 Å². The summed E-state index contributed by atoms with van der Waals surface area (Å²) in [5.74, 6) is 5.10. The number of carboxylic acids is 2. The van der Waals surface area contributed by atoms with E-state index in [-0.39, 0.29) is 58.9 Å². The lowest BCUT2D eigenvalue weighted by Gasteiger charge is -2.62. The Morgan fingerprint density at radius 1 is 0.554 bits per heavy atom. The highest BCUT2D eigenvalue weighted by Crippen LogP contribution is 2.70. The Labute approximate surface area is 393 Å². The molecule has 8 nitrogen and oxygen atoms in total. The van der Waals surface area contributed by atoms with Crippen LogP contribution in [0.5, 0.6) is 0 Å². The highest BCUT2D eigenvalue weighted by molar-refractivity contribution is 5.66. The van der Waals surface area contributed by atoms with Gasteiger partial charge in [0, 0.05) is 12.8 Å². The van der Waals surface area contributed by atoms with E-state index in [0.29, 0.717) is 71.0 Å². The summed E-state index contributed by atoms with van der Waals surface area (Å²) in [5.41, 5.74) is 4.62. The van der Waals surface area contributed by atoms with Crippen LogP contribution < -0.4 is 0 Å². The van der Waals surface area contributed by atoms with Crippen molar-refractivity contribution >= 4 is 11.9 Å². The normalized spacial score (nSPS) is 45.9. The summed E-state index contributed by atoms with van der Waals surface area (Å²) in [6, 6.07) is 6.38.